The van der Waals surface area contributed by atoms with Crippen LogP contribution in [0.5, 0.6) is 0 Å². The molecule has 1 aromatic heterocycles. The SMILES string of the molecule is CCCCC(CC)CNc1ncc([N+](=O)[O-])cc1Br. The minimum atomic E-state index is -0.447. The molecule has 0 saturated carbocycles. The third-order valence-corrected chi connectivity index (χ3v) is 3.74. The van der Waals surface area contributed by atoms with E-state index in [9.17, 15) is 10.1 Å². The van der Waals surface area contributed by atoms with Crippen LogP contribution in [0.15, 0.2) is 16.7 Å². The van der Waals surface area contributed by atoms with E-state index >= 15 is 0 Å². The summed E-state index contributed by atoms with van der Waals surface area (Å²) in [5.74, 6) is 1.28. The van der Waals surface area contributed by atoms with Crippen molar-refractivity contribution in [3.63, 3.8) is 0 Å². The normalized spacial score (nSPS) is 12.2. The lowest BCUT2D eigenvalue weighted by Gasteiger charge is -2.16. The van der Waals surface area contributed by atoms with Crippen molar-refractivity contribution in [1.29, 1.82) is 0 Å². The first kappa shape index (κ1) is 15.9. The van der Waals surface area contributed by atoms with Gasteiger partial charge in [0.1, 0.15) is 12.0 Å². The fourth-order valence-corrected chi connectivity index (χ4v) is 2.32. The van der Waals surface area contributed by atoms with Gasteiger partial charge in [0.15, 0.2) is 0 Å². The first-order valence-electron chi connectivity index (χ1n) is 6.62. The maximum absolute atomic E-state index is 10.6. The zero-order valence-electron chi connectivity index (χ0n) is 11.4. The maximum atomic E-state index is 10.6. The van der Waals surface area contributed by atoms with Gasteiger partial charge in [0, 0.05) is 12.6 Å². The molecule has 0 amide bonds. The molecule has 1 heterocycles. The molecule has 1 N–H and O–H groups in total. The molecule has 0 spiro atoms. The Hall–Kier alpha value is -1.17. The molecule has 1 rings (SSSR count). The lowest BCUT2D eigenvalue weighted by molar-refractivity contribution is -0.385. The van der Waals surface area contributed by atoms with Crippen molar-refractivity contribution in [2.24, 2.45) is 5.92 Å². The monoisotopic (exact) mass is 329 g/mol. The molecule has 106 valence electrons. The van der Waals surface area contributed by atoms with Gasteiger partial charge in [-0.25, -0.2) is 4.98 Å². The van der Waals surface area contributed by atoms with E-state index in [1.807, 2.05) is 0 Å². The van der Waals surface area contributed by atoms with Gasteiger partial charge in [0.2, 0.25) is 0 Å². The Labute approximate surface area is 122 Å². The Kier molecular flexibility index (Phi) is 6.77. The summed E-state index contributed by atoms with van der Waals surface area (Å²) in [5, 5.41) is 13.9. The number of hydrogen-bond acceptors (Lipinski definition) is 4. The molecular weight excluding hydrogens is 310 g/mol. The van der Waals surface area contributed by atoms with Crippen molar-refractivity contribution in [2.75, 3.05) is 11.9 Å². The van der Waals surface area contributed by atoms with E-state index in [0.717, 1.165) is 13.0 Å². The maximum Gasteiger partial charge on any atom is 0.288 e. The average Bonchev–Trinajstić information content (AvgIpc) is 2.40. The number of nitrogens with zero attached hydrogens (tertiary/aromatic N) is 2. The highest BCUT2D eigenvalue weighted by atomic mass is 79.9. The number of nitrogens with one attached hydrogen (secondary N) is 1. The van der Waals surface area contributed by atoms with Crippen LogP contribution in [0.2, 0.25) is 0 Å². The summed E-state index contributed by atoms with van der Waals surface area (Å²) in [5.41, 5.74) is -0.00421. The minimum Gasteiger partial charge on any atom is -0.369 e. The molecule has 0 fully saturated rings. The van der Waals surface area contributed by atoms with Crippen LogP contribution < -0.4 is 5.32 Å². The third-order valence-electron chi connectivity index (χ3n) is 3.14. The Balaban J connectivity index is 2.59. The van der Waals surface area contributed by atoms with Crippen LogP contribution in [0.4, 0.5) is 11.5 Å². The van der Waals surface area contributed by atoms with Gasteiger partial charge in [-0.1, -0.05) is 33.1 Å². The van der Waals surface area contributed by atoms with Crippen molar-refractivity contribution in [2.45, 2.75) is 39.5 Å². The Morgan fingerprint density at radius 2 is 2.26 bits per heavy atom. The van der Waals surface area contributed by atoms with Crippen molar-refractivity contribution in [1.82, 2.24) is 4.98 Å². The molecule has 1 atom stereocenters. The summed E-state index contributed by atoms with van der Waals surface area (Å²) in [6.45, 7) is 5.22. The number of anilines is 1. The standard InChI is InChI=1S/C13H20BrN3O2/c1-3-5-6-10(4-2)8-15-13-12(14)7-11(9-16-13)17(18)19/h7,9-10H,3-6,8H2,1-2H3,(H,15,16). The van der Waals surface area contributed by atoms with Gasteiger partial charge in [-0.15, -0.1) is 0 Å². The predicted molar refractivity (Wildman–Crippen MR) is 80.4 cm³/mol. The van der Waals surface area contributed by atoms with E-state index in [2.05, 4.69) is 40.1 Å². The highest BCUT2D eigenvalue weighted by Crippen LogP contribution is 2.25. The van der Waals surface area contributed by atoms with Crippen LogP contribution >= 0.6 is 15.9 Å². The van der Waals surface area contributed by atoms with Crippen LogP contribution in [-0.2, 0) is 0 Å². The van der Waals surface area contributed by atoms with Gasteiger partial charge in [-0.3, -0.25) is 10.1 Å². The molecule has 0 aliphatic heterocycles. The summed E-state index contributed by atoms with van der Waals surface area (Å²) < 4.78 is 0.632. The van der Waals surface area contributed by atoms with E-state index in [0.29, 0.717) is 16.2 Å². The van der Waals surface area contributed by atoms with Crippen molar-refractivity contribution in [3.8, 4) is 0 Å². The van der Waals surface area contributed by atoms with Crippen LogP contribution in [0.3, 0.4) is 0 Å². The average molecular weight is 330 g/mol. The molecule has 0 bridgehead atoms. The first-order chi connectivity index (χ1) is 9.08. The first-order valence-corrected chi connectivity index (χ1v) is 7.41. The van der Waals surface area contributed by atoms with Gasteiger partial charge in [0.05, 0.1) is 9.40 Å². The molecule has 0 aliphatic carbocycles. The van der Waals surface area contributed by atoms with Gasteiger partial charge < -0.3 is 5.32 Å². The molecule has 1 unspecified atom stereocenters. The van der Waals surface area contributed by atoms with Crippen molar-refractivity contribution >= 4 is 27.4 Å². The number of hydrogen-bond donors (Lipinski definition) is 1. The quantitative estimate of drug-likeness (QED) is 0.567. The van der Waals surface area contributed by atoms with E-state index in [-0.39, 0.29) is 5.69 Å². The fourth-order valence-electron chi connectivity index (χ4n) is 1.84. The van der Waals surface area contributed by atoms with E-state index in [4.69, 9.17) is 0 Å². The van der Waals surface area contributed by atoms with E-state index in [1.165, 1.54) is 31.5 Å². The van der Waals surface area contributed by atoms with Crippen LogP contribution in [-0.4, -0.2) is 16.5 Å². The zero-order chi connectivity index (χ0) is 14.3. The molecule has 0 aromatic carbocycles. The zero-order valence-corrected chi connectivity index (χ0v) is 12.9. The highest BCUT2D eigenvalue weighted by Gasteiger charge is 2.12. The van der Waals surface area contributed by atoms with Crippen LogP contribution in [0.1, 0.15) is 39.5 Å². The molecule has 1 aromatic rings. The number of rotatable bonds is 8. The topological polar surface area (TPSA) is 68.1 Å². The highest BCUT2D eigenvalue weighted by molar-refractivity contribution is 9.10. The Bertz CT molecular complexity index is 426. The third kappa shape index (κ3) is 5.14. The number of aromatic nitrogens is 1. The van der Waals surface area contributed by atoms with Crippen LogP contribution in [0, 0.1) is 16.0 Å². The molecule has 0 aliphatic rings. The number of nitro groups is 1. The minimum absolute atomic E-state index is 0.00421. The van der Waals surface area contributed by atoms with Gasteiger partial charge in [-0.05, 0) is 28.3 Å². The molecule has 0 saturated heterocycles. The summed E-state index contributed by atoms with van der Waals surface area (Å²) >= 11 is 3.31. The molecule has 5 nitrogen and oxygen atoms in total. The molecule has 19 heavy (non-hydrogen) atoms. The van der Waals surface area contributed by atoms with E-state index in [1.54, 1.807) is 0 Å². The number of halogens is 1. The summed E-state index contributed by atoms with van der Waals surface area (Å²) in [7, 11) is 0. The summed E-state index contributed by atoms with van der Waals surface area (Å²) in [6, 6.07) is 1.47. The summed E-state index contributed by atoms with van der Waals surface area (Å²) in [6.07, 6.45) is 6.04. The lowest BCUT2D eigenvalue weighted by Crippen LogP contribution is -2.14. The molecule has 0 radical (unpaired) electrons. The Morgan fingerprint density at radius 3 is 2.79 bits per heavy atom. The number of pyridine rings is 1. The van der Waals surface area contributed by atoms with Gasteiger partial charge in [-0.2, -0.15) is 0 Å². The smallest absolute Gasteiger partial charge is 0.288 e. The van der Waals surface area contributed by atoms with Gasteiger partial charge >= 0.3 is 0 Å². The lowest BCUT2D eigenvalue weighted by atomic mass is 9.99. The Morgan fingerprint density at radius 1 is 1.53 bits per heavy atom. The van der Waals surface area contributed by atoms with Crippen molar-refractivity contribution in [3.05, 3.63) is 26.9 Å². The summed E-state index contributed by atoms with van der Waals surface area (Å²) in [4.78, 5) is 14.3. The molecule has 6 heteroatoms. The second kappa shape index (κ2) is 8.09. The predicted octanol–water partition coefficient (Wildman–Crippen LogP) is 4.38. The van der Waals surface area contributed by atoms with Gasteiger partial charge in [0.25, 0.3) is 5.69 Å². The largest absolute Gasteiger partial charge is 0.369 e. The second-order valence-corrected chi connectivity index (χ2v) is 5.43. The molecular formula is C13H20BrN3O2. The van der Waals surface area contributed by atoms with Crippen molar-refractivity contribution < 1.29 is 4.92 Å². The number of unbranched alkanes of at least 4 members (excludes halogenated alkanes) is 1. The van der Waals surface area contributed by atoms with Crippen LogP contribution in [0.25, 0.3) is 0 Å². The van der Waals surface area contributed by atoms with E-state index < -0.39 is 4.92 Å². The fraction of sp³-hybridized carbons (Fsp3) is 0.615. The second-order valence-electron chi connectivity index (χ2n) is 4.58.